The number of rotatable bonds is 8. The highest BCUT2D eigenvalue weighted by molar-refractivity contribution is 5.67. The highest BCUT2D eigenvalue weighted by atomic mass is 16.5. The summed E-state index contributed by atoms with van der Waals surface area (Å²) in [7, 11) is 0. The zero-order valence-corrected chi connectivity index (χ0v) is 21.0. The summed E-state index contributed by atoms with van der Waals surface area (Å²) < 4.78 is 16.6. The average Bonchev–Trinajstić information content (AvgIpc) is 2.65. The van der Waals surface area contributed by atoms with Crippen molar-refractivity contribution >= 4 is 17.9 Å². The van der Waals surface area contributed by atoms with Crippen molar-refractivity contribution in [3.05, 3.63) is 12.2 Å². The number of hydrogen-bond acceptors (Lipinski definition) is 6. The minimum absolute atomic E-state index is 0.0104. The normalized spacial score (nSPS) is 32.4. The van der Waals surface area contributed by atoms with Gasteiger partial charge in [0, 0.05) is 26.2 Å². The van der Waals surface area contributed by atoms with Gasteiger partial charge in [0.15, 0.2) is 0 Å². The van der Waals surface area contributed by atoms with Crippen molar-refractivity contribution in [2.45, 2.75) is 99.2 Å². The summed E-state index contributed by atoms with van der Waals surface area (Å²) in [5, 5.41) is 0. The van der Waals surface area contributed by atoms with Gasteiger partial charge in [-0.05, 0) is 67.3 Å². The van der Waals surface area contributed by atoms with E-state index in [0.717, 1.165) is 37.7 Å². The first kappa shape index (κ1) is 26.4. The van der Waals surface area contributed by atoms with Crippen molar-refractivity contribution in [3.8, 4) is 0 Å². The van der Waals surface area contributed by atoms with Crippen LogP contribution in [0.25, 0.3) is 0 Å². The smallest absolute Gasteiger partial charge is 0.303 e. The second kappa shape index (κ2) is 10.4. The molecule has 6 nitrogen and oxygen atoms in total. The van der Waals surface area contributed by atoms with Gasteiger partial charge in [0.2, 0.25) is 0 Å². The lowest BCUT2D eigenvalue weighted by Gasteiger charge is -2.61. The number of carbonyl (C=O) groups excluding carboxylic acids is 3. The van der Waals surface area contributed by atoms with Crippen LogP contribution < -0.4 is 0 Å². The number of esters is 3. The first-order chi connectivity index (χ1) is 14.8. The van der Waals surface area contributed by atoms with E-state index < -0.39 is 0 Å². The predicted octanol–water partition coefficient (Wildman–Crippen LogP) is 5.24. The van der Waals surface area contributed by atoms with Crippen molar-refractivity contribution in [2.24, 2.45) is 28.6 Å². The molecule has 0 aliphatic heterocycles. The van der Waals surface area contributed by atoms with Crippen LogP contribution in [0, 0.1) is 28.6 Å². The molecular formula is C26H42O6. The molecule has 2 fully saturated rings. The summed E-state index contributed by atoms with van der Waals surface area (Å²) in [6, 6.07) is 0. The van der Waals surface area contributed by atoms with E-state index in [1.807, 2.05) is 0 Å². The van der Waals surface area contributed by atoms with E-state index in [1.165, 1.54) is 20.8 Å². The molecule has 2 aliphatic carbocycles. The van der Waals surface area contributed by atoms with Crippen LogP contribution in [-0.2, 0) is 28.6 Å². The van der Waals surface area contributed by atoms with Crippen LogP contribution in [0.3, 0.4) is 0 Å². The summed E-state index contributed by atoms with van der Waals surface area (Å²) in [5.41, 5.74) is 0.758. The van der Waals surface area contributed by atoms with Crippen molar-refractivity contribution in [1.29, 1.82) is 0 Å². The summed E-state index contributed by atoms with van der Waals surface area (Å²) in [4.78, 5) is 34.6. The molecular weight excluding hydrogens is 408 g/mol. The number of fused-ring (bicyclic) bond motifs is 1. The molecule has 6 heteroatoms. The Hall–Kier alpha value is -1.85. The maximum absolute atomic E-state index is 11.8. The highest BCUT2D eigenvalue weighted by Crippen LogP contribution is 2.62. The molecule has 2 aliphatic rings. The molecule has 0 spiro atoms. The average molecular weight is 451 g/mol. The molecule has 32 heavy (non-hydrogen) atoms. The maximum Gasteiger partial charge on any atom is 0.303 e. The van der Waals surface area contributed by atoms with Gasteiger partial charge in [-0.1, -0.05) is 34.3 Å². The standard InChI is InChI=1S/C26H42O6/c1-16(12-14-30-18(3)27)9-10-21-17(2)22(31-19(4)28)15-23-25(6,7)24(32-20(5)29)11-13-26(21,23)8/h16,21-24H,2,9-15H2,1,3-8H3/t16-,21-,22+,23-,24-,26+/m0/s1. The largest absolute Gasteiger partial charge is 0.466 e. The van der Waals surface area contributed by atoms with Gasteiger partial charge in [0.25, 0.3) is 0 Å². The lowest BCUT2D eigenvalue weighted by Crippen LogP contribution is -2.58. The summed E-state index contributed by atoms with van der Waals surface area (Å²) in [6.45, 7) is 18.1. The first-order valence-electron chi connectivity index (χ1n) is 12.0. The van der Waals surface area contributed by atoms with Crippen LogP contribution in [-0.4, -0.2) is 36.7 Å². The van der Waals surface area contributed by atoms with Crippen molar-refractivity contribution in [2.75, 3.05) is 6.61 Å². The molecule has 0 saturated heterocycles. The van der Waals surface area contributed by atoms with E-state index in [4.69, 9.17) is 14.2 Å². The fourth-order valence-electron chi connectivity index (χ4n) is 6.32. The van der Waals surface area contributed by atoms with E-state index >= 15 is 0 Å². The Balaban J connectivity index is 2.24. The van der Waals surface area contributed by atoms with Crippen LogP contribution in [0.5, 0.6) is 0 Å². The van der Waals surface area contributed by atoms with Crippen LogP contribution in [0.15, 0.2) is 12.2 Å². The summed E-state index contributed by atoms with van der Waals surface area (Å²) in [5.74, 6) is 0.0523. The van der Waals surface area contributed by atoms with Gasteiger partial charge < -0.3 is 14.2 Å². The van der Waals surface area contributed by atoms with E-state index in [9.17, 15) is 14.4 Å². The lowest BCUT2D eigenvalue weighted by molar-refractivity contribution is -0.182. The predicted molar refractivity (Wildman–Crippen MR) is 123 cm³/mol. The zero-order valence-electron chi connectivity index (χ0n) is 21.0. The highest BCUT2D eigenvalue weighted by Gasteiger charge is 2.59. The quantitative estimate of drug-likeness (QED) is 0.286. The molecule has 0 heterocycles. The minimum atomic E-state index is -0.317. The maximum atomic E-state index is 11.8. The Morgan fingerprint density at radius 1 is 1.03 bits per heavy atom. The first-order valence-corrected chi connectivity index (χ1v) is 12.0. The number of carbonyl (C=O) groups is 3. The minimum Gasteiger partial charge on any atom is -0.466 e. The molecule has 2 rings (SSSR count). The molecule has 182 valence electrons. The topological polar surface area (TPSA) is 78.9 Å². The van der Waals surface area contributed by atoms with E-state index in [2.05, 4.69) is 34.3 Å². The molecule has 0 N–H and O–H groups in total. The molecule has 0 aromatic carbocycles. The molecule has 0 aromatic heterocycles. The fourth-order valence-corrected chi connectivity index (χ4v) is 6.32. The van der Waals surface area contributed by atoms with Gasteiger partial charge in [0.05, 0.1) is 6.61 Å². The van der Waals surface area contributed by atoms with Crippen LogP contribution in [0.4, 0.5) is 0 Å². The van der Waals surface area contributed by atoms with E-state index in [1.54, 1.807) is 0 Å². The van der Waals surface area contributed by atoms with Gasteiger partial charge >= 0.3 is 17.9 Å². The lowest BCUT2D eigenvalue weighted by atomic mass is 9.45. The summed E-state index contributed by atoms with van der Waals surface area (Å²) >= 11 is 0. The third-order valence-electron chi connectivity index (χ3n) is 8.06. The van der Waals surface area contributed by atoms with Gasteiger partial charge in [-0.25, -0.2) is 0 Å². The monoisotopic (exact) mass is 450 g/mol. The molecule has 0 unspecified atom stereocenters. The van der Waals surface area contributed by atoms with E-state index in [-0.39, 0.29) is 52.8 Å². The van der Waals surface area contributed by atoms with Crippen molar-refractivity contribution < 1.29 is 28.6 Å². The molecule has 0 amide bonds. The Labute approximate surface area is 193 Å². The van der Waals surface area contributed by atoms with Gasteiger partial charge in [0.1, 0.15) is 12.2 Å². The van der Waals surface area contributed by atoms with Crippen molar-refractivity contribution in [1.82, 2.24) is 0 Å². The molecule has 0 aromatic rings. The Morgan fingerprint density at radius 2 is 1.66 bits per heavy atom. The zero-order chi connectivity index (χ0) is 24.3. The SMILES string of the molecule is C=C1[C@H](OC(C)=O)C[C@H]2C(C)(C)[C@@H](OC(C)=O)CC[C@]2(C)[C@H]1CC[C@H](C)CCOC(C)=O. The third kappa shape index (κ3) is 5.93. The third-order valence-corrected chi connectivity index (χ3v) is 8.06. The molecule has 0 radical (unpaired) electrons. The van der Waals surface area contributed by atoms with Crippen LogP contribution >= 0.6 is 0 Å². The molecule has 6 atom stereocenters. The second-order valence-corrected chi connectivity index (χ2v) is 10.8. The molecule has 2 saturated carbocycles. The Bertz CT molecular complexity index is 726. The molecule has 0 bridgehead atoms. The van der Waals surface area contributed by atoms with Gasteiger partial charge in [-0.15, -0.1) is 0 Å². The fraction of sp³-hybridized carbons (Fsp3) is 0.808. The van der Waals surface area contributed by atoms with E-state index in [0.29, 0.717) is 18.9 Å². The summed E-state index contributed by atoms with van der Waals surface area (Å²) in [6.07, 6.45) is 4.76. The van der Waals surface area contributed by atoms with Crippen LogP contribution in [0.2, 0.25) is 0 Å². The van der Waals surface area contributed by atoms with Crippen LogP contribution in [0.1, 0.15) is 87.0 Å². The number of hydrogen-bond donors (Lipinski definition) is 0. The van der Waals surface area contributed by atoms with Gasteiger partial charge in [-0.2, -0.15) is 0 Å². The Kier molecular flexibility index (Phi) is 8.57. The number of ether oxygens (including phenoxy) is 3. The van der Waals surface area contributed by atoms with Crippen molar-refractivity contribution in [3.63, 3.8) is 0 Å². The Morgan fingerprint density at radius 3 is 2.22 bits per heavy atom. The van der Waals surface area contributed by atoms with Gasteiger partial charge in [-0.3, -0.25) is 14.4 Å². The second-order valence-electron chi connectivity index (χ2n) is 10.8.